The molecule has 20 heteroatoms. The first kappa shape index (κ1) is 53.6. The normalized spacial score (nSPS) is 29.1. The summed E-state index contributed by atoms with van der Waals surface area (Å²) >= 11 is -28.1. The van der Waals surface area contributed by atoms with Gasteiger partial charge in [0.25, 0.3) is 0 Å². The van der Waals surface area contributed by atoms with Crippen molar-refractivity contribution in [2.45, 2.75) is 224 Å². The van der Waals surface area contributed by atoms with E-state index >= 15 is 15.0 Å². The number of rotatable bonds is 11. The van der Waals surface area contributed by atoms with Gasteiger partial charge in [0.1, 0.15) is 0 Å². The Morgan fingerprint density at radius 1 is 0.350 bits per heavy atom. The summed E-state index contributed by atoms with van der Waals surface area (Å²) in [4.78, 5) is 0. The third kappa shape index (κ3) is 10.9. The van der Waals surface area contributed by atoms with E-state index in [2.05, 4.69) is 21.3 Å². The second-order valence-corrected chi connectivity index (χ2v) is 40.0. The Morgan fingerprint density at radius 2 is 0.483 bits per heavy atom. The molecule has 4 aliphatic heterocycles. The molecule has 0 spiro atoms. The Kier molecular flexibility index (Phi) is 14.1. The topological polar surface area (TPSA) is 278 Å². The van der Waals surface area contributed by atoms with E-state index in [0.717, 1.165) is 0 Å². The molecule has 2 atom stereocenters. The van der Waals surface area contributed by atoms with E-state index in [9.17, 15) is 32.8 Å². The van der Waals surface area contributed by atoms with Crippen molar-refractivity contribution in [1.82, 2.24) is 21.3 Å². The van der Waals surface area contributed by atoms with Crippen molar-refractivity contribution < 1.29 is 47.7 Å². The van der Waals surface area contributed by atoms with Gasteiger partial charge in [0.05, 0.1) is 0 Å². The molecule has 0 aromatic heterocycles. The molecule has 354 valence electrons. The molecule has 2 unspecified atom stereocenters. The van der Waals surface area contributed by atoms with E-state index in [1.54, 1.807) is 0 Å². The van der Waals surface area contributed by atoms with Crippen molar-refractivity contribution in [3.8, 4) is 0 Å². The van der Waals surface area contributed by atoms with Gasteiger partial charge in [0.2, 0.25) is 0 Å². The fourth-order valence-electron chi connectivity index (χ4n) is 14.9. The molecule has 4 fully saturated rings. The van der Waals surface area contributed by atoms with Gasteiger partial charge in [-0.15, -0.1) is 0 Å². The van der Waals surface area contributed by atoms with Crippen LogP contribution in [0.3, 0.4) is 0 Å². The number of nitrogens with one attached hydrogen (secondary N) is 4. The Bertz CT molecular complexity index is 1550. The van der Waals surface area contributed by atoms with Gasteiger partial charge in [0, 0.05) is 0 Å². The van der Waals surface area contributed by atoms with Crippen LogP contribution < -0.4 is 21.3 Å². The molecular formula is C40H82As4N4O12. The summed E-state index contributed by atoms with van der Waals surface area (Å²) < 4.78 is 150. The van der Waals surface area contributed by atoms with E-state index in [0.29, 0.717) is 0 Å². The zero-order chi connectivity index (χ0) is 46.9. The van der Waals surface area contributed by atoms with Crippen molar-refractivity contribution in [3.05, 3.63) is 0 Å². The van der Waals surface area contributed by atoms with Crippen LogP contribution in [0.4, 0.5) is 0 Å². The second kappa shape index (κ2) is 15.8. The zero-order valence-electron chi connectivity index (χ0n) is 39.1. The molecule has 4 aliphatic rings. The van der Waals surface area contributed by atoms with E-state index in [1.165, 1.54) is 0 Å². The standard InChI is InChI=1S/C40H82As4N4O12/c1-31(2)17-25(18-32(3,4)45-31)39(43(55,56)57,26-19-33(5,6)46-34(7,8)20-26)29(41(49,50)51)30(42(52,53)54)40(44(58,59)60,27-21-35(9,10)47-36(11,12)22-27)28-23-37(13,14)48-38(15,16)24-28/h25-30,45-48H,17-24H2,1-16H3,(H2,49,50,51)(H2,52,53,54)(H2,55,56,57)(H2,58,59,60). The first-order valence-corrected chi connectivity index (χ1v) is 35.3. The number of hydrogen-bond donors (Lipinski definition) is 12. The third-order valence-corrected chi connectivity index (χ3v) is 31.9. The van der Waals surface area contributed by atoms with E-state index in [-0.39, 0.29) is 51.4 Å². The fourth-order valence-corrected chi connectivity index (χ4v) is 40.6. The summed E-state index contributed by atoms with van der Waals surface area (Å²) in [5, 5.41) is 14.1. The van der Waals surface area contributed by atoms with Gasteiger partial charge in [-0.1, -0.05) is 0 Å². The van der Waals surface area contributed by atoms with Crippen molar-refractivity contribution in [1.29, 1.82) is 0 Å². The summed E-state index contributed by atoms with van der Waals surface area (Å²) in [5.41, 5.74) is -7.07. The Balaban J connectivity index is 2.41. The SMILES string of the molecule is CC1(C)CC(C(C2CC(C)(C)NC(C)(C)C2)(C(C(C(C2CC(C)(C)NC(C)(C)C2)(C2CC(C)(C)NC(C)(C)C2)[As](=O)(O)O)[As](=O)(O)O)[As](=O)(O)O)[As](=O)(O)O)CC(C)(C)N1. The summed E-state index contributed by atoms with van der Waals surface area (Å²) in [5.74, 6) is -4.98. The quantitative estimate of drug-likeness (QED) is 0.133. The van der Waals surface area contributed by atoms with Gasteiger partial charge in [-0.2, -0.15) is 0 Å². The molecule has 12 N–H and O–H groups in total. The maximum absolute atomic E-state index is 15.5. The van der Waals surface area contributed by atoms with Gasteiger partial charge in [-0.25, -0.2) is 0 Å². The molecule has 0 radical (unpaired) electrons. The molecule has 0 bridgehead atoms. The van der Waals surface area contributed by atoms with Crippen LogP contribution in [0.1, 0.15) is 162 Å². The number of piperidine rings is 4. The molecule has 0 amide bonds. The predicted octanol–water partition coefficient (Wildman–Crippen LogP) is 2.85. The maximum atomic E-state index is 15.5. The van der Waals surface area contributed by atoms with E-state index < -0.39 is 142 Å². The third-order valence-electron chi connectivity index (χ3n) is 14.4. The van der Waals surface area contributed by atoms with Crippen molar-refractivity contribution in [3.63, 3.8) is 0 Å². The molecule has 4 rings (SSSR count). The summed E-state index contributed by atoms with van der Waals surface area (Å²) in [6, 6.07) is 0. The monoisotopic (exact) mass is 1110 g/mol. The molecule has 16 nitrogen and oxygen atoms in total. The second-order valence-electron chi connectivity index (χ2n) is 24.9. The molecule has 0 aliphatic carbocycles. The van der Waals surface area contributed by atoms with Crippen LogP contribution in [0.2, 0.25) is 17.8 Å². The molecule has 0 aromatic carbocycles. The van der Waals surface area contributed by atoms with Crippen molar-refractivity contribution in [2.75, 3.05) is 0 Å². The summed E-state index contributed by atoms with van der Waals surface area (Å²) in [6.45, 7) is 29.3. The summed E-state index contributed by atoms with van der Waals surface area (Å²) in [6.07, 6.45) is -0.259. The molecule has 0 aromatic rings. The Labute approximate surface area is 371 Å². The first-order valence-electron chi connectivity index (χ1n) is 21.5. The van der Waals surface area contributed by atoms with Gasteiger partial charge in [-0.3, -0.25) is 0 Å². The number of hydrogen-bond acceptors (Lipinski definition) is 8. The van der Waals surface area contributed by atoms with Gasteiger partial charge in [-0.05, 0) is 0 Å². The molecule has 60 heavy (non-hydrogen) atoms. The van der Waals surface area contributed by atoms with Crippen LogP contribution >= 0.6 is 0 Å². The van der Waals surface area contributed by atoms with Crippen molar-refractivity contribution >= 4 is 56.7 Å². The minimum atomic E-state index is -7.13. The zero-order valence-corrected chi connectivity index (χ0v) is 46.6. The Morgan fingerprint density at radius 3 is 0.583 bits per heavy atom. The van der Waals surface area contributed by atoms with Crippen LogP contribution in [-0.4, -0.2) is 134 Å². The average molecular weight is 1110 g/mol. The van der Waals surface area contributed by atoms with Gasteiger partial charge < -0.3 is 0 Å². The molecular weight excluding hydrogens is 1030 g/mol. The first-order chi connectivity index (χ1) is 26.1. The minimum absolute atomic E-state index is 0.0324. The Hall–Kier alpha value is 0.954. The van der Waals surface area contributed by atoms with Crippen LogP contribution in [0.25, 0.3) is 0 Å². The van der Waals surface area contributed by atoms with E-state index in [1.807, 2.05) is 111 Å². The molecule has 4 heterocycles. The predicted molar refractivity (Wildman–Crippen MR) is 232 cm³/mol. The van der Waals surface area contributed by atoms with Crippen LogP contribution in [0.15, 0.2) is 0 Å². The van der Waals surface area contributed by atoms with E-state index in [4.69, 9.17) is 0 Å². The van der Waals surface area contributed by atoms with Gasteiger partial charge in [0.15, 0.2) is 0 Å². The summed E-state index contributed by atoms with van der Waals surface area (Å²) in [7, 11) is 0. The van der Waals surface area contributed by atoms with Crippen molar-refractivity contribution in [2.24, 2.45) is 23.7 Å². The molecule has 4 saturated heterocycles. The van der Waals surface area contributed by atoms with Gasteiger partial charge >= 0.3 is 374 Å². The van der Waals surface area contributed by atoms with Crippen LogP contribution in [-0.2, 0) is 15.0 Å². The fraction of sp³-hybridized carbons (Fsp3) is 1.00. The molecule has 0 saturated carbocycles. The van der Waals surface area contributed by atoms with Crippen LogP contribution in [0.5, 0.6) is 0 Å². The average Bonchev–Trinajstić information content (AvgIpc) is 2.85. The van der Waals surface area contributed by atoms with Crippen LogP contribution in [0, 0.1) is 23.7 Å².